The first-order chi connectivity index (χ1) is 22.8. The van der Waals surface area contributed by atoms with E-state index in [4.69, 9.17) is 32.7 Å². The molecule has 0 aromatic heterocycles. The Bertz CT molecular complexity index is 1570. The average Bonchev–Trinajstić information content (AvgIpc) is 3.10. The van der Waals surface area contributed by atoms with Crippen LogP contribution in [0, 0.1) is 5.92 Å². The van der Waals surface area contributed by atoms with Crippen molar-refractivity contribution >= 4 is 34.7 Å². The average molecular weight is 677 g/mol. The molecule has 250 valence electrons. The summed E-state index contributed by atoms with van der Waals surface area (Å²) in [6.45, 7) is 11.5. The van der Waals surface area contributed by atoms with E-state index in [1.54, 1.807) is 6.92 Å². The molecule has 0 atom stereocenters. The summed E-state index contributed by atoms with van der Waals surface area (Å²) in [6, 6.07) is 17.5. The maximum Gasteiger partial charge on any atom is 0.160 e. The Morgan fingerprint density at radius 3 is 2.32 bits per heavy atom. The number of benzene rings is 3. The van der Waals surface area contributed by atoms with E-state index in [9.17, 15) is 4.79 Å². The monoisotopic (exact) mass is 675 g/mol. The second-order valence-corrected chi connectivity index (χ2v) is 14.9. The highest BCUT2D eigenvalue weighted by atomic mass is 35.5. The second kappa shape index (κ2) is 14.5. The molecule has 0 N–H and O–H groups in total. The van der Waals surface area contributed by atoms with Gasteiger partial charge >= 0.3 is 0 Å². The van der Waals surface area contributed by atoms with Gasteiger partial charge in [-0.25, -0.2) is 0 Å². The number of para-hydroxylation sites is 1. The molecule has 3 aromatic carbocycles. The van der Waals surface area contributed by atoms with Crippen LogP contribution in [0.4, 0.5) is 5.69 Å². The first kappa shape index (κ1) is 32.9. The fourth-order valence-electron chi connectivity index (χ4n) is 8.15. The van der Waals surface area contributed by atoms with Crippen LogP contribution in [-0.2, 0) is 17.8 Å². The molecule has 0 amide bonds. The lowest BCUT2D eigenvalue weighted by Gasteiger charge is -2.42. The number of ether oxygens (including phenoxy) is 2. The summed E-state index contributed by atoms with van der Waals surface area (Å²) in [5, 5.41) is 1.42. The number of Topliss-reactive ketones (excluding diaryl/α,β-unsaturated/α-hetero) is 1. The van der Waals surface area contributed by atoms with Crippen molar-refractivity contribution in [2.75, 3.05) is 51.0 Å². The van der Waals surface area contributed by atoms with Crippen LogP contribution >= 0.6 is 23.2 Å². The van der Waals surface area contributed by atoms with E-state index >= 15 is 0 Å². The molecular formula is C39H47Cl2N3O3. The van der Waals surface area contributed by atoms with Crippen LogP contribution in [0.3, 0.4) is 0 Å². The molecular weight excluding hydrogens is 629 g/mol. The first-order valence-corrected chi connectivity index (χ1v) is 18.3. The summed E-state index contributed by atoms with van der Waals surface area (Å²) in [5.41, 5.74) is 7.26. The van der Waals surface area contributed by atoms with Gasteiger partial charge < -0.3 is 14.4 Å². The number of anilines is 1. The van der Waals surface area contributed by atoms with Crippen LogP contribution in [-0.4, -0.2) is 67.7 Å². The lowest BCUT2D eigenvalue weighted by Crippen LogP contribution is -2.51. The number of nitrogens with zero attached hydrogens (tertiary/aromatic N) is 3. The Kier molecular flexibility index (Phi) is 10.1. The van der Waals surface area contributed by atoms with Gasteiger partial charge in [-0.3, -0.25) is 14.6 Å². The number of piperazine rings is 1. The highest BCUT2D eigenvalue weighted by molar-refractivity contribution is 6.36. The Balaban J connectivity index is 1.03. The smallest absolute Gasteiger partial charge is 0.160 e. The van der Waals surface area contributed by atoms with Gasteiger partial charge in [0.15, 0.2) is 5.78 Å². The van der Waals surface area contributed by atoms with Crippen molar-refractivity contribution in [3.8, 4) is 16.9 Å². The maximum atomic E-state index is 12.5. The standard InChI is InChI=1S/C39H47Cl2N3O3/c1-26-6-9-31(10-7-26)43-14-16-44(17-15-43)32-21-37(40)36(38(41)22-32)24-42-23-30-4-3-5-34(39(30)47-25-42)29-8-11-33(27(2)45)35(20-29)28-12-18-46-19-13-28/h3-5,8,11,20-22,26,28,31H,6-7,9-10,12-19,23-25H2,1-2H3. The Labute approximate surface area is 289 Å². The highest BCUT2D eigenvalue weighted by Crippen LogP contribution is 2.41. The number of rotatable bonds is 7. The van der Waals surface area contributed by atoms with Gasteiger partial charge in [0.25, 0.3) is 0 Å². The molecule has 0 spiro atoms. The maximum absolute atomic E-state index is 12.5. The third-order valence-corrected chi connectivity index (χ3v) is 11.6. The Morgan fingerprint density at radius 2 is 1.62 bits per heavy atom. The molecule has 3 heterocycles. The third-order valence-electron chi connectivity index (χ3n) is 11.0. The van der Waals surface area contributed by atoms with E-state index in [0.29, 0.717) is 29.2 Å². The molecule has 1 aliphatic carbocycles. The quantitative estimate of drug-likeness (QED) is 0.233. The van der Waals surface area contributed by atoms with E-state index < -0.39 is 0 Å². The summed E-state index contributed by atoms with van der Waals surface area (Å²) in [6.07, 6.45) is 7.27. The van der Waals surface area contributed by atoms with Gasteiger partial charge in [-0.05, 0) is 80.5 Å². The fourth-order valence-corrected chi connectivity index (χ4v) is 8.74. The number of carbonyl (C=O) groups is 1. The minimum absolute atomic E-state index is 0.109. The summed E-state index contributed by atoms with van der Waals surface area (Å²) in [5.74, 6) is 2.23. The SMILES string of the molecule is CC(=O)c1ccc(-c2cccc3c2OCN(Cc2c(Cl)cc(N4CCN(C5CCC(C)CC5)CC4)cc2Cl)C3)cc1C1CCOCC1. The Morgan fingerprint density at radius 1 is 0.894 bits per heavy atom. The number of halogens is 2. The van der Waals surface area contributed by atoms with Crippen LogP contribution in [0.25, 0.3) is 11.1 Å². The van der Waals surface area contributed by atoms with E-state index in [0.717, 1.165) is 116 Å². The molecule has 1 saturated carbocycles. The fraction of sp³-hybridized carbons (Fsp3) is 0.513. The summed E-state index contributed by atoms with van der Waals surface area (Å²) in [7, 11) is 0. The van der Waals surface area contributed by atoms with Gasteiger partial charge in [0.1, 0.15) is 12.5 Å². The number of fused-ring (bicyclic) bond motifs is 1. The van der Waals surface area contributed by atoms with E-state index in [-0.39, 0.29) is 5.78 Å². The molecule has 3 aliphatic heterocycles. The van der Waals surface area contributed by atoms with E-state index in [1.807, 2.05) is 6.07 Å². The predicted octanol–water partition coefficient (Wildman–Crippen LogP) is 8.81. The van der Waals surface area contributed by atoms with Gasteiger partial charge in [0, 0.05) is 96.5 Å². The topological polar surface area (TPSA) is 45.2 Å². The van der Waals surface area contributed by atoms with Crippen LogP contribution in [0.5, 0.6) is 5.75 Å². The molecule has 3 fully saturated rings. The second-order valence-electron chi connectivity index (χ2n) is 14.1. The molecule has 3 aromatic rings. The lowest BCUT2D eigenvalue weighted by atomic mass is 9.85. The molecule has 0 unspecified atom stereocenters. The molecule has 7 rings (SSSR count). The summed E-state index contributed by atoms with van der Waals surface area (Å²) in [4.78, 5) is 19.9. The van der Waals surface area contributed by atoms with Crippen molar-refractivity contribution in [2.24, 2.45) is 5.92 Å². The van der Waals surface area contributed by atoms with Crippen LogP contribution in [0.1, 0.15) is 85.3 Å². The van der Waals surface area contributed by atoms with Gasteiger partial charge in [0.05, 0.1) is 0 Å². The van der Waals surface area contributed by atoms with Crippen LogP contribution in [0.2, 0.25) is 10.0 Å². The third kappa shape index (κ3) is 7.23. The summed E-state index contributed by atoms with van der Waals surface area (Å²) < 4.78 is 12.1. The molecule has 6 nitrogen and oxygen atoms in total. The normalized spacial score (nSPS) is 22.9. The van der Waals surface area contributed by atoms with E-state index in [1.165, 1.54) is 25.7 Å². The zero-order chi connectivity index (χ0) is 32.5. The molecule has 0 bridgehead atoms. The van der Waals surface area contributed by atoms with Crippen LogP contribution < -0.4 is 9.64 Å². The Hall–Kier alpha value is -2.61. The van der Waals surface area contributed by atoms with Crippen molar-refractivity contribution in [3.63, 3.8) is 0 Å². The highest BCUT2D eigenvalue weighted by Gasteiger charge is 2.29. The van der Waals surface area contributed by atoms with Gasteiger partial charge in [0.2, 0.25) is 0 Å². The molecule has 8 heteroatoms. The van der Waals surface area contributed by atoms with Gasteiger partial charge in [-0.1, -0.05) is 66.5 Å². The number of hydrogen-bond acceptors (Lipinski definition) is 6. The lowest BCUT2D eigenvalue weighted by molar-refractivity contribution is 0.0845. The summed E-state index contributed by atoms with van der Waals surface area (Å²) >= 11 is 13.9. The van der Waals surface area contributed by atoms with Crippen molar-refractivity contribution in [1.29, 1.82) is 0 Å². The predicted molar refractivity (Wildman–Crippen MR) is 191 cm³/mol. The van der Waals surface area contributed by atoms with Gasteiger partial charge in [-0.15, -0.1) is 0 Å². The minimum Gasteiger partial charge on any atom is -0.477 e. The first-order valence-electron chi connectivity index (χ1n) is 17.5. The zero-order valence-corrected chi connectivity index (χ0v) is 29.3. The zero-order valence-electron chi connectivity index (χ0n) is 27.8. The molecule has 4 aliphatic rings. The molecule has 0 radical (unpaired) electrons. The van der Waals surface area contributed by atoms with Crippen molar-refractivity contribution < 1.29 is 14.3 Å². The largest absolute Gasteiger partial charge is 0.477 e. The number of carbonyl (C=O) groups excluding carboxylic acids is 1. The number of ketones is 1. The van der Waals surface area contributed by atoms with Crippen molar-refractivity contribution in [1.82, 2.24) is 9.80 Å². The van der Waals surface area contributed by atoms with Gasteiger partial charge in [-0.2, -0.15) is 0 Å². The van der Waals surface area contributed by atoms with Crippen LogP contribution in [0.15, 0.2) is 48.5 Å². The molecule has 2 saturated heterocycles. The van der Waals surface area contributed by atoms with Crippen molar-refractivity contribution in [2.45, 2.75) is 77.4 Å². The van der Waals surface area contributed by atoms with E-state index in [2.05, 4.69) is 64.1 Å². The van der Waals surface area contributed by atoms with Crippen molar-refractivity contribution in [3.05, 3.63) is 80.8 Å². The molecule has 47 heavy (non-hydrogen) atoms. The minimum atomic E-state index is 0.109. The number of hydrogen-bond donors (Lipinski definition) is 0.